The predicted molar refractivity (Wildman–Crippen MR) is 161 cm³/mol. The minimum Gasteiger partial charge on any atom is -0.464 e. The van der Waals surface area contributed by atoms with Crippen molar-refractivity contribution < 1.29 is 4.42 Å². The summed E-state index contributed by atoms with van der Waals surface area (Å²) in [5, 5.41) is 1.10. The fourth-order valence-corrected chi connectivity index (χ4v) is 5.68. The van der Waals surface area contributed by atoms with Crippen LogP contribution in [0, 0.1) is 6.92 Å². The summed E-state index contributed by atoms with van der Waals surface area (Å²) in [5.74, 6) is 0.944. The smallest absolute Gasteiger partial charge is 0.145 e. The van der Waals surface area contributed by atoms with E-state index in [1.165, 1.54) is 33.4 Å². The fourth-order valence-electron chi connectivity index (χ4n) is 5.68. The van der Waals surface area contributed by atoms with E-state index in [-0.39, 0.29) is 0 Å². The van der Waals surface area contributed by atoms with Crippen LogP contribution in [0.25, 0.3) is 55.6 Å². The highest BCUT2D eigenvalue weighted by atomic mass is 16.3. The second-order valence-corrected chi connectivity index (χ2v) is 10.0. The lowest BCUT2D eigenvalue weighted by Crippen LogP contribution is -2.06. The molecule has 3 nitrogen and oxygen atoms in total. The van der Waals surface area contributed by atoms with Gasteiger partial charge in [-0.3, -0.25) is 0 Å². The van der Waals surface area contributed by atoms with E-state index in [1.54, 1.807) is 0 Å². The molecular formula is C36H28N2O. The first-order valence-corrected chi connectivity index (χ1v) is 13.4. The van der Waals surface area contributed by atoms with Gasteiger partial charge in [0.25, 0.3) is 0 Å². The van der Waals surface area contributed by atoms with Crippen molar-refractivity contribution >= 4 is 22.0 Å². The molecule has 0 aliphatic carbocycles. The van der Waals surface area contributed by atoms with Gasteiger partial charge in [-0.1, -0.05) is 103 Å². The maximum Gasteiger partial charge on any atom is 0.145 e. The molecule has 0 N–H and O–H groups in total. The van der Waals surface area contributed by atoms with E-state index < -0.39 is 0 Å². The van der Waals surface area contributed by atoms with Crippen molar-refractivity contribution in [2.75, 3.05) is 0 Å². The number of aromatic nitrogens is 2. The summed E-state index contributed by atoms with van der Waals surface area (Å²) in [6.45, 7) is 2.91. The number of aryl methyl sites for hydroxylation is 2. The van der Waals surface area contributed by atoms with E-state index in [0.717, 1.165) is 46.4 Å². The Bertz CT molecular complexity index is 1860. The molecule has 0 saturated heterocycles. The molecular weight excluding hydrogens is 476 g/mol. The Kier molecular flexibility index (Phi) is 5.82. The molecule has 0 aliphatic heterocycles. The number of benzene rings is 5. The Morgan fingerprint density at radius 1 is 0.667 bits per heavy atom. The second-order valence-electron chi connectivity index (χ2n) is 10.0. The Morgan fingerprint density at radius 2 is 1.33 bits per heavy atom. The molecule has 5 aromatic carbocycles. The highest BCUT2D eigenvalue weighted by Gasteiger charge is 2.19. The predicted octanol–water partition coefficient (Wildman–Crippen LogP) is 9.33. The lowest BCUT2D eigenvalue weighted by molar-refractivity contribution is 0.615. The van der Waals surface area contributed by atoms with E-state index in [1.807, 2.05) is 12.3 Å². The summed E-state index contributed by atoms with van der Waals surface area (Å²) in [5.41, 5.74) is 11.6. The summed E-state index contributed by atoms with van der Waals surface area (Å²) < 4.78 is 8.33. The van der Waals surface area contributed by atoms with Crippen LogP contribution in [-0.4, -0.2) is 9.55 Å². The van der Waals surface area contributed by atoms with Gasteiger partial charge in [-0.25, -0.2) is 4.98 Å². The molecule has 7 rings (SSSR count). The zero-order chi connectivity index (χ0) is 26.2. The highest BCUT2D eigenvalue weighted by molar-refractivity contribution is 5.95. The van der Waals surface area contributed by atoms with E-state index in [9.17, 15) is 0 Å². The third-order valence-corrected chi connectivity index (χ3v) is 7.56. The third kappa shape index (κ3) is 4.22. The summed E-state index contributed by atoms with van der Waals surface area (Å²) in [7, 11) is 0. The summed E-state index contributed by atoms with van der Waals surface area (Å²) in [4.78, 5) is 5.11. The molecule has 0 fully saturated rings. The molecule has 7 aromatic rings. The zero-order valence-corrected chi connectivity index (χ0v) is 21.8. The van der Waals surface area contributed by atoms with E-state index in [4.69, 9.17) is 9.40 Å². The van der Waals surface area contributed by atoms with Crippen LogP contribution in [0.4, 0.5) is 0 Å². The van der Waals surface area contributed by atoms with Crippen LogP contribution >= 0.6 is 0 Å². The Balaban J connectivity index is 1.38. The van der Waals surface area contributed by atoms with Crippen molar-refractivity contribution in [3.05, 3.63) is 139 Å². The van der Waals surface area contributed by atoms with Gasteiger partial charge in [-0.2, -0.15) is 0 Å². The molecule has 2 heterocycles. The molecule has 188 valence electrons. The average molecular weight is 505 g/mol. The number of hydrogen-bond donors (Lipinski definition) is 0. The molecule has 0 saturated carbocycles. The topological polar surface area (TPSA) is 31.0 Å². The number of furan rings is 1. The molecule has 39 heavy (non-hydrogen) atoms. The van der Waals surface area contributed by atoms with Crippen molar-refractivity contribution in [3.63, 3.8) is 0 Å². The van der Waals surface area contributed by atoms with Gasteiger partial charge in [-0.05, 0) is 65.4 Å². The van der Waals surface area contributed by atoms with Crippen molar-refractivity contribution in [1.29, 1.82) is 0 Å². The number of fused-ring (bicyclic) bond motifs is 2. The van der Waals surface area contributed by atoms with Crippen molar-refractivity contribution in [1.82, 2.24) is 9.55 Å². The number of para-hydroxylation sites is 2. The molecule has 0 amide bonds. The first-order chi connectivity index (χ1) is 19.3. The first-order valence-electron chi connectivity index (χ1n) is 13.4. The van der Waals surface area contributed by atoms with Gasteiger partial charge >= 0.3 is 0 Å². The van der Waals surface area contributed by atoms with Gasteiger partial charge < -0.3 is 8.98 Å². The highest BCUT2D eigenvalue weighted by Crippen LogP contribution is 2.36. The maximum absolute atomic E-state index is 5.97. The Morgan fingerprint density at radius 3 is 2.05 bits per heavy atom. The monoisotopic (exact) mass is 504 g/mol. The number of imidazole rings is 1. The second kappa shape index (κ2) is 9.77. The Labute approximate surface area is 228 Å². The summed E-state index contributed by atoms with van der Waals surface area (Å²) >= 11 is 0. The lowest BCUT2D eigenvalue weighted by atomic mass is 9.90. The molecule has 0 bridgehead atoms. The lowest BCUT2D eigenvalue weighted by Gasteiger charge is -2.17. The van der Waals surface area contributed by atoms with Crippen LogP contribution in [0.5, 0.6) is 0 Å². The minimum atomic E-state index is 0.790. The first kappa shape index (κ1) is 23.2. The number of nitrogens with zero attached hydrogens (tertiary/aromatic N) is 2. The van der Waals surface area contributed by atoms with Crippen LogP contribution in [0.3, 0.4) is 0 Å². The SMILES string of the molecule is Cc1ccc2occ(-c3nc4ccccc4n3CCc3c(-c4ccccc4)cccc3-c3ccccc3)c2c1. The van der Waals surface area contributed by atoms with Gasteiger partial charge in [0.05, 0.1) is 16.6 Å². The van der Waals surface area contributed by atoms with Gasteiger partial charge in [-0.15, -0.1) is 0 Å². The van der Waals surface area contributed by atoms with Crippen LogP contribution in [-0.2, 0) is 13.0 Å². The largest absolute Gasteiger partial charge is 0.464 e. The van der Waals surface area contributed by atoms with Crippen molar-refractivity contribution in [2.24, 2.45) is 0 Å². The molecule has 0 aliphatic rings. The van der Waals surface area contributed by atoms with E-state index in [0.29, 0.717) is 0 Å². The number of rotatable bonds is 6. The normalized spacial score (nSPS) is 11.4. The molecule has 0 atom stereocenters. The summed E-state index contributed by atoms with van der Waals surface area (Å²) in [6, 6.07) is 42.8. The van der Waals surface area contributed by atoms with Gasteiger partial charge in [0.2, 0.25) is 0 Å². The van der Waals surface area contributed by atoms with Gasteiger partial charge in [0, 0.05) is 11.9 Å². The molecule has 0 spiro atoms. The number of hydrogen-bond acceptors (Lipinski definition) is 2. The van der Waals surface area contributed by atoms with Crippen LogP contribution in [0.1, 0.15) is 11.1 Å². The van der Waals surface area contributed by atoms with Crippen LogP contribution in [0.2, 0.25) is 0 Å². The third-order valence-electron chi connectivity index (χ3n) is 7.56. The molecule has 0 radical (unpaired) electrons. The maximum atomic E-state index is 5.97. The summed E-state index contributed by atoms with van der Waals surface area (Å²) in [6.07, 6.45) is 2.71. The van der Waals surface area contributed by atoms with Crippen LogP contribution in [0.15, 0.2) is 132 Å². The quantitative estimate of drug-likeness (QED) is 0.226. The average Bonchev–Trinajstić information content (AvgIpc) is 3.57. The molecule has 0 unspecified atom stereocenters. The molecule has 3 heteroatoms. The van der Waals surface area contributed by atoms with Crippen molar-refractivity contribution in [2.45, 2.75) is 19.9 Å². The molecule has 2 aromatic heterocycles. The minimum absolute atomic E-state index is 0.790. The fraction of sp³-hybridized carbons (Fsp3) is 0.0833. The van der Waals surface area contributed by atoms with E-state index in [2.05, 4.69) is 127 Å². The van der Waals surface area contributed by atoms with Crippen molar-refractivity contribution in [3.8, 4) is 33.6 Å². The van der Waals surface area contributed by atoms with E-state index >= 15 is 0 Å². The zero-order valence-electron chi connectivity index (χ0n) is 21.8. The van der Waals surface area contributed by atoms with Crippen LogP contribution < -0.4 is 0 Å². The van der Waals surface area contributed by atoms with Gasteiger partial charge in [0.1, 0.15) is 17.7 Å². The standard InChI is InChI=1S/C36H28N2O/c1-25-19-20-35-31(23-25)32(24-39-35)36-37-33-17-8-9-18-34(33)38(36)22-21-30-28(26-11-4-2-5-12-26)15-10-16-29(30)27-13-6-3-7-14-27/h2-20,23-24H,21-22H2,1H3. The Hall–Kier alpha value is -4.89. The van der Waals surface area contributed by atoms with Gasteiger partial charge in [0.15, 0.2) is 0 Å².